The molecule has 2 amide bonds. The summed E-state index contributed by atoms with van der Waals surface area (Å²) >= 11 is 1.52. The van der Waals surface area contributed by atoms with Crippen LogP contribution >= 0.6 is 24.2 Å². The quantitative estimate of drug-likeness (QED) is 0.849. The van der Waals surface area contributed by atoms with Gasteiger partial charge in [0.1, 0.15) is 6.54 Å². The number of para-hydroxylation sites is 1. The van der Waals surface area contributed by atoms with E-state index < -0.39 is 0 Å². The van der Waals surface area contributed by atoms with Gasteiger partial charge in [-0.1, -0.05) is 12.1 Å². The number of thioether (sulfide) groups is 1. The Labute approximate surface area is 140 Å². The lowest BCUT2D eigenvalue weighted by atomic mass is 10.2. The zero-order chi connectivity index (χ0) is 14.8. The van der Waals surface area contributed by atoms with Crippen LogP contribution in [0.4, 0.5) is 5.69 Å². The van der Waals surface area contributed by atoms with Crippen LogP contribution in [-0.4, -0.2) is 36.7 Å². The van der Waals surface area contributed by atoms with Gasteiger partial charge in [-0.25, -0.2) is 0 Å². The van der Waals surface area contributed by atoms with Crippen molar-refractivity contribution in [2.24, 2.45) is 11.7 Å². The lowest BCUT2D eigenvalue weighted by Gasteiger charge is -2.28. The zero-order valence-electron chi connectivity index (χ0n) is 12.2. The van der Waals surface area contributed by atoms with Gasteiger partial charge in [-0.3, -0.25) is 9.59 Å². The Morgan fingerprint density at radius 2 is 2.14 bits per heavy atom. The van der Waals surface area contributed by atoms with Crippen LogP contribution in [0.25, 0.3) is 0 Å². The first-order chi connectivity index (χ1) is 10.1. The van der Waals surface area contributed by atoms with Gasteiger partial charge in [-0.05, 0) is 30.9 Å². The highest BCUT2D eigenvalue weighted by molar-refractivity contribution is 8.00. The summed E-state index contributed by atoms with van der Waals surface area (Å²) in [6.07, 6.45) is 2.32. The van der Waals surface area contributed by atoms with E-state index >= 15 is 0 Å². The number of amides is 2. The molecule has 1 aliphatic carbocycles. The predicted molar refractivity (Wildman–Crippen MR) is 90.5 cm³/mol. The van der Waals surface area contributed by atoms with Crippen molar-refractivity contribution in [1.82, 2.24) is 5.32 Å². The van der Waals surface area contributed by atoms with E-state index in [1.807, 2.05) is 24.3 Å². The fourth-order valence-electron chi connectivity index (χ4n) is 2.45. The summed E-state index contributed by atoms with van der Waals surface area (Å²) in [5, 5.41) is 2.84. The highest BCUT2D eigenvalue weighted by Crippen LogP contribution is 2.34. The molecule has 1 aromatic rings. The summed E-state index contributed by atoms with van der Waals surface area (Å²) in [4.78, 5) is 26.7. The minimum Gasteiger partial charge on any atom is -0.353 e. The average Bonchev–Trinajstić information content (AvgIpc) is 3.32. The molecule has 1 atom stereocenters. The van der Waals surface area contributed by atoms with E-state index in [1.165, 1.54) is 11.8 Å². The molecular weight excluding hydrogens is 322 g/mol. The number of benzene rings is 1. The van der Waals surface area contributed by atoms with E-state index in [0.717, 1.165) is 23.4 Å². The number of anilines is 1. The van der Waals surface area contributed by atoms with Crippen molar-refractivity contribution in [3.63, 3.8) is 0 Å². The maximum Gasteiger partial charge on any atom is 0.240 e. The van der Waals surface area contributed by atoms with E-state index in [4.69, 9.17) is 5.73 Å². The maximum atomic E-state index is 12.0. The molecule has 1 unspecified atom stereocenters. The van der Waals surface area contributed by atoms with E-state index in [0.29, 0.717) is 18.2 Å². The van der Waals surface area contributed by atoms with Crippen LogP contribution < -0.4 is 16.0 Å². The van der Waals surface area contributed by atoms with Crippen molar-refractivity contribution in [3.05, 3.63) is 24.3 Å². The second-order valence-electron chi connectivity index (χ2n) is 5.54. The van der Waals surface area contributed by atoms with Crippen molar-refractivity contribution in [1.29, 1.82) is 0 Å². The smallest absolute Gasteiger partial charge is 0.240 e. The zero-order valence-corrected chi connectivity index (χ0v) is 13.8. The Kier molecular flexibility index (Phi) is 5.72. The molecule has 120 valence electrons. The Hall–Kier alpha value is -1.24. The monoisotopic (exact) mass is 341 g/mol. The molecule has 0 aromatic heterocycles. The van der Waals surface area contributed by atoms with E-state index in [-0.39, 0.29) is 36.8 Å². The molecule has 5 nitrogen and oxygen atoms in total. The first-order valence-corrected chi connectivity index (χ1v) is 8.18. The molecule has 1 saturated carbocycles. The Morgan fingerprint density at radius 3 is 2.86 bits per heavy atom. The molecule has 0 saturated heterocycles. The molecule has 1 aromatic carbocycles. The molecule has 1 aliphatic heterocycles. The summed E-state index contributed by atoms with van der Waals surface area (Å²) in [5.41, 5.74) is 6.79. The molecule has 7 heteroatoms. The summed E-state index contributed by atoms with van der Waals surface area (Å²) in [5.74, 6) is 0.756. The molecule has 2 aliphatic rings. The third kappa shape index (κ3) is 3.94. The highest BCUT2D eigenvalue weighted by atomic mass is 35.5. The van der Waals surface area contributed by atoms with Crippen LogP contribution in [0.1, 0.15) is 12.8 Å². The Balaban J connectivity index is 0.00000176. The lowest BCUT2D eigenvalue weighted by molar-refractivity contribution is -0.123. The number of nitrogens with zero attached hydrogens (tertiary/aromatic N) is 1. The first kappa shape index (κ1) is 17.1. The number of hydrogen-bond donors (Lipinski definition) is 2. The van der Waals surface area contributed by atoms with Gasteiger partial charge in [0.25, 0.3) is 0 Å². The highest BCUT2D eigenvalue weighted by Gasteiger charge is 2.29. The van der Waals surface area contributed by atoms with Crippen LogP contribution in [0.5, 0.6) is 0 Å². The molecule has 1 fully saturated rings. The summed E-state index contributed by atoms with van der Waals surface area (Å²) < 4.78 is 0. The lowest BCUT2D eigenvalue weighted by Crippen LogP contribution is -2.46. The maximum absolute atomic E-state index is 12.0. The van der Waals surface area contributed by atoms with Crippen molar-refractivity contribution in [2.45, 2.75) is 23.8 Å². The number of carbonyl (C=O) groups is 2. The predicted octanol–water partition coefficient (Wildman–Crippen LogP) is 1.40. The van der Waals surface area contributed by atoms with Crippen LogP contribution in [-0.2, 0) is 9.59 Å². The van der Waals surface area contributed by atoms with Gasteiger partial charge >= 0.3 is 0 Å². The number of halogens is 1. The fourth-order valence-corrected chi connectivity index (χ4v) is 3.39. The molecule has 1 heterocycles. The second-order valence-corrected chi connectivity index (χ2v) is 6.56. The number of hydrogen-bond acceptors (Lipinski definition) is 4. The fraction of sp³-hybridized carbons (Fsp3) is 0.467. The van der Waals surface area contributed by atoms with Crippen LogP contribution in [0.15, 0.2) is 29.2 Å². The van der Waals surface area contributed by atoms with Gasteiger partial charge in [0.05, 0.1) is 11.4 Å². The van der Waals surface area contributed by atoms with Gasteiger partial charge in [-0.2, -0.15) is 0 Å². The standard InChI is InChI=1S/C15H19N3O2S.ClH/c16-11(10-5-6-10)7-17-14(19)8-18-12-3-1-2-4-13(12)21-9-15(18)20;/h1-4,10-11H,5-9,16H2,(H,17,19);1H. The normalized spacial score (nSPS) is 18.2. The van der Waals surface area contributed by atoms with Crippen molar-refractivity contribution >= 4 is 41.7 Å². The minimum atomic E-state index is -0.152. The Bertz CT molecular complexity index is 565. The summed E-state index contributed by atoms with van der Waals surface area (Å²) in [6, 6.07) is 7.71. The largest absolute Gasteiger partial charge is 0.353 e. The first-order valence-electron chi connectivity index (χ1n) is 7.19. The van der Waals surface area contributed by atoms with Gasteiger partial charge < -0.3 is 16.0 Å². The van der Waals surface area contributed by atoms with Crippen LogP contribution in [0, 0.1) is 5.92 Å². The van der Waals surface area contributed by atoms with E-state index in [1.54, 1.807) is 4.90 Å². The molecule has 0 bridgehead atoms. The van der Waals surface area contributed by atoms with Gasteiger partial charge in [0.2, 0.25) is 11.8 Å². The summed E-state index contributed by atoms with van der Waals surface area (Å²) in [7, 11) is 0. The van der Waals surface area contributed by atoms with Gasteiger partial charge in [0, 0.05) is 17.5 Å². The molecular formula is C15H20ClN3O2S. The second kappa shape index (κ2) is 7.35. The number of rotatable bonds is 5. The van der Waals surface area contributed by atoms with Crippen molar-refractivity contribution in [2.75, 3.05) is 23.7 Å². The minimum absolute atomic E-state index is 0. The molecule has 22 heavy (non-hydrogen) atoms. The third-order valence-corrected chi connectivity index (χ3v) is 4.92. The van der Waals surface area contributed by atoms with E-state index in [2.05, 4.69) is 5.32 Å². The average molecular weight is 342 g/mol. The number of nitrogens with two attached hydrogens (primary N) is 1. The van der Waals surface area contributed by atoms with Gasteiger partial charge in [-0.15, -0.1) is 24.2 Å². The number of nitrogens with one attached hydrogen (secondary N) is 1. The molecule has 3 N–H and O–H groups in total. The molecule has 0 spiro atoms. The Morgan fingerprint density at radius 1 is 1.41 bits per heavy atom. The van der Waals surface area contributed by atoms with Crippen LogP contribution in [0.3, 0.4) is 0 Å². The van der Waals surface area contributed by atoms with Crippen molar-refractivity contribution < 1.29 is 9.59 Å². The van der Waals surface area contributed by atoms with E-state index in [9.17, 15) is 9.59 Å². The summed E-state index contributed by atoms with van der Waals surface area (Å²) in [6.45, 7) is 0.551. The van der Waals surface area contributed by atoms with Gasteiger partial charge in [0.15, 0.2) is 0 Å². The number of carbonyl (C=O) groups excluding carboxylic acids is 2. The van der Waals surface area contributed by atoms with Crippen LogP contribution in [0.2, 0.25) is 0 Å². The third-order valence-electron chi connectivity index (χ3n) is 3.87. The number of fused-ring (bicyclic) bond motifs is 1. The molecule has 0 radical (unpaired) electrons. The molecule has 3 rings (SSSR count). The SMILES string of the molecule is Cl.NC(CNC(=O)CN1C(=O)CSc2ccccc21)C1CC1. The topological polar surface area (TPSA) is 75.4 Å². The van der Waals surface area contributed by atoms with Crippen molar-refractivity contribution in [3.8, 4) is 0 Å².